The largest absolute Gasteiger partial charge is 0.392 e. The highest BCUT2D eigenvalue weighted by Crippen LogP contribution is 2.16. The maximum absolute atomic E-state index is 13.3. The topological polar surface area (TPSA) is 49.3 Å². The number of halogens is 2. The van der Waals surface area contributed by atoms with Gasteiger partial charge in [0.1, 0.15) is 5.82 Å². The first-order valence-corrected chi connectivity index (χ1v) is 5.87. The van der Waals surface area contributed by atoms with E-state index in [0.717, 1.165) is 4.47 Å². The van der Waals surface area contributed by atoms with Crippen molar-refractivity contribution in [3.8, 4) is 0 Å². The average Bonchev–Trinajstić information content (AvgIpc) is 2.27. The quantitative estimate of drug-likeness (QED) is 0.837. The minimum Gasteiger partial charge on any atom is -0.392 e. The number of aliphatic hydroxyl groups excluding tert-OH is 1. The SMILES string of the molecule is C[C@@H](O)CNC(=O)/C=C/c1cc(Br)ccc1F. The molecule has 0 aliphatic heterocycles. The fourth-order valence-electron chi connectivity index (χ4n) is 1.12. The van der Waals surface area contributed by atoms with Gasteiger partial charge in [0, 0.05) is 22.7 Å². The molecule has 0 saturated carbocycles. The maximum atomic E-state index is 13.3. The van der Waals surface area contributed by atoms with E-state index in [1.807, 2.05) is 0 Å². The zero-order valence-electron chi connectivity index (χ0n) is 9.28. The molecule has 0 aliphatic carbocycles. The van der Waals surface area contributed by atoms with E-state index < -0.39 is 11.9 Å². The van der Waals surface area contributed by atoms with Crippen molar-refractivity contribution in [3.63, 3.8) is 0 Å². The van der Waals surface area contributed by atoms with Crippen LogP contribution in [0.25, 0.3) is 6.08 Å². The molecule has 5 heteroatoms. The number of carbonyl (C=O) groups is 1. The van der Waals surface area contributed by atoms with Gasteiger partial charge in [-0.25, -0.2) is 4.39 Å². The molecular formula is C12H13BrFNO2. The van der Waals surface area contributed by atoms with E-state index in [9.17, 15) is 9.18 Å². The Morgan fingerprint density at radius 3 is 3.00 bits per heavy atom. The Labute approximate surface area is 107 Å². The van der Waals surface area contributed by atoms with Gasteiger partial charge in [-0.15, -0.1) is 0 Å². The summed E-state index contributed by atoms with van der Waals surface area (Å²) in [6.07, 6.45) is 2.01. The molecule has 0 aliphatic rings. The third-order valence-electron chi connectivity index (χ3n) is 1.94. The summed E-state index contributed by atoms with van der Waals surface area (Å²) >= 11 is 3.22. The fraction of sp³-hybridized carbons (Fsp3) is 0.250. The predicted octanol–water partition coefficient (Wildman–Crippen LogP) is 2.10. The monoisotopic (exact) mass is 301 g/mol. The van der Waals surface area contributed by atoms with Crippen molar-refractivity contribution in [2.45, 2.75) is 13.0 Å². The standard InChI is InChI=1S/C12H13BrFNO2/c1-8(16)7-15-12(17)5-2-9-6-10(13)3-4-11(9)14/h2-6,8,16H,7H2,1H3,(H,15,17)/b5-2+/t8-/m1/s1. The van der Waals surface area contributed by atoms with Crippen molar-refractivity contribution < 1.29 is 14.3 Å². The van der Waals surface area contributed by atoms with Crippen molar-refractivity contribution in [2.75, 3.05) is 6.54 Å². The highest BCUT2D eigenvalue weighted by atomic mass is 79.9. The van der Waals surface area contributed by atoms with Crippen LogP contribution in [0.1, 0.15) is 12.5 Å². The van der Waals surface area contributed by atoms with Gasteiger partial charge in [0.05, 0.1) is 6.10 Å². The van der Waals surface area contributed by atoms with Crippen LogP contribution in [0.3, 0.4) is 0 Å². The Bertz CT molecular complexity index is 433. The predicted molar refractivity (Wildman–Crippen MR) is 67.8 cm³/mol. The number of hydrogen-bond donors (Lipinski definition) is 2. The first-order valence-electron chi connectivity index (χ1n) is 5.08. The summed E-state index contributed by atoms with van der Waals surface area (Å²) in [5.74, 6) is -0.766. The van der Waals surface area contributed by atoms with Crippen LogP contribution >= 0.6 is 15.9 Å². The summed E-state index contributed by atoms with van der Waals surface area (Å²) in [6, 6.07) is 4.48. The molecule has 0 fully saturated rings. The normalized spacial score (nSPS) is 12.7. The zero-order valence-corrected chi connectivity index (χ0v) is 10.9. The molecule has 1 atom stereocenters. The molecule has 1 aromatic rings. The molecule has 2 N–H and O–H groups in total. The van der Waals surface area contributed by atoms with E-state index in [1.165, 1.54) is 18.2 Å². The van der Waals surface area contributed by atoms with Gasteiger partial charge in [-0.1, -0.05) is 15.9 Å². The highest BCUT2D eigenvalue weighted by Gasteiger charge is 2.01. The van der Waals surface area contributed by atoms with Gasteiger partial charge in [-0.3, -0.25) is 4.79 Å². The van der Waals surface area contributed by atoms with Gasteiger partial charge >= 0.3 is 0 Å². The highest BCUT2D eigenvalue weighted by molar-refractivity contribution is 9.10. The summed E-state index contributed by atoms with van der Waals surface area (Å²) in [5.41, 5.74) is 0.326. The fourth-order valence-corrected chi connectivity index (χ4v) is 1.49. The van der Waals surface area contributed by atoms with Gasteiger partial charge in [0.2, 0.25) is 5.91 Å². The molecule has 17 heavy (non-hydrogen) atoms. The van der Waals surface area contributed by atoms with Crippen molar-refractivity contribution >= 4 is 27.9 Å². The molecule has 0 aromatic heterocycles. The second-order valence-electron chi connectivity index (χ2n) is 3.59. The number of rotatable bonds is 4. The lowest BCUT2D eigenvalue weighted by Gasteiger charge is -2.03. The Kier molecular flexibility index (Phi) is 5.31. The zero-order chi connectivity index (χ0) is 12.8. The molecule has 1 amide bonds. The van der Waals surface area contributed by atoms with Crippen molar-refractivity contribution in [1.29, 1.82) is 0 Å². The summed E-state index contributed by atoms with van der Waals surface area (Å²) in [5, 5.41) is 11.4. The van der Waals surface area contributed by atoms with Crippen molar-refractivity contribution in [1.82, 2.24) is 5.32 Å². The lowest BCUT2D eigenvalue weighted by molar-refractivity contribution is -0.116. The lowest BCUT2D eigenvalue weighted by Crippen LogP contribution is -2.28. The van der Waals surface area contributed by atoms with Crippen molar-refractivity contribution in [3.05, 3.63) is 40.1 Å². The maximum Gasteiger partial charge on any atom is 0.244 e. The van der Waals surface area contributed by atoms with Gasteiger partial charge in [-0.2, -0.15) is 0 Å². The van der Waals surface area contributed by atoms with Crippen LogP contribution in [0.15, 0.2) is 28.7 Å². The van der Waals surface area contributed by atoms with E-state index in [1.54, 1.807) is 19.1 Å². The van der Waals surface area contributed by atoms with E-state index in [2.05, 4.69) is 21.2 Å². The summed E-state index contributed by atoms with van der Waals surface area (Å²) < 4.78 is 14.0. The van der Waals surface area contributed by atoms with Crippen LogP contribution < -0.4 is 5.32 Å². The Morgan fingerprint density at radius 1 is 1.65 bits per heavy atom. The van der Waals surface area contributed by atoms with Crippen LogP contribution in [0, 0.1) is 5.82 Å². The van der Waals surface area contributed by atoms with Gasteiger partial charge < -0.3 is 10.4 Å². The number of nitrogens with one attached hydrogen (secondary N) is 1. The molecular weight excluding hydrogens is 289 g/mol. The Hall–Kier alpha value is -1.20. The first-order chi connectivity index (χ1) is 7.99. The van der Waals surface area contributed by atoms with Crippen molar-refractivity contribution in [2.24, 2.45) is 0 Å². The number of amides is 1. The summed E-state index contributed by atoms with van der Waals surface area (Å²) in [6.45, 7) is 1.74. The van der Waals surface area contributed by atoms with E-state index in [0.29, 0.717) is 5.56 Å². The average molecular weight is 302 g/mol. The first kappa shape index (κ1) is 13.9. The minimum absolute atomic E-state index is 0.171. The summed E-state index contributed by atoms with van der Waals surface area (Å²) in [4.78, 5) is 11.3. The number of aliphatic hydroxyl groups is 1. The number of hydrogen-bond acceptors (Lipinski definition) is 2. The lowest BCUT2D eigenvalue weighted by atomic mass is 10.2. The molecule has 0 spiro atoms. The van der Waals surface area contributed by atoms with Crippen LogP contribution in [-0.4, -0.2) is 23.7 Å². The van der Waals surface area contributed by atoms with Crippen LogP contribution in [0.5, 0.6) is 0 Å². The molecule has 0 saturated heterocycles. The smallest absolute Gasteiger partial charge is 0.244 e. The third-order valence-corrected chi connectivity index (χ3v) is 2.44. The molecule has 0 radical (unpaired) electrons. The minimum atomic E-state index is -0.602. The molecule has 92 valence electrons. The van der Waals surface area contributed by atoms with E-state index >= 15 is 0 Å². The van der Waals surface area contributed by atoms with Crippen LogP contribution in [0.4, 0.5) is 4.39 Å². The second kappa shape index (κ2) is 6.51. The van der Waals surface area contributed by atoms with E-state index in [4.69, 9.17) is 5.11 Å². The molecule has 1 rings (SSSR count). The molecule has 3 nitrogen and oxygen atoms in total. The second-order valence-corrected chi connectivity index (χ2v) is 4.51. The molecule has 0 heterocycles. The van der Waals surface area contributed by atoms with Gasteiger partial charge in [-0.05, 0) is 31.2 Å². The number of carbonyl (C=O) groups excluding carboxylic acids is 1. The molecule has 0 unspecified atom stereocenters. The van der Waals surface area contributed by atoms with Gasteiger partial charge in [0.25, 0.3) is 0 Å². The molecule has 0 bridgehead atoms. The van der Waals surface area contributed by atoms with E-state index in [-0.39, 0.29) is 12.5 Å². The summed E-state index contributed by atoms with van der Waals surface area (Å²) in [7, 11) is 0. The number of benzene rings is 1. The van der Waals surface area contributed by atoms with Crippen LogP contribution in [0.2, 0.25) is 0 Å². The Balaban J connectivity index is 2.64. The molecule has 1 aromatic carbocycles. The van der Waals surface area contributed by atoms with Gasteiger partial charge in [0.15, 0.2) is 0 Å². The van der Waals surface area contributed by atoms with Crippen LogP contribution in [-0.2, 0) is 4.79 Å². The third kappa shape index (κ3) is 5.10. The Morgan fingerprint density at radius 2 is 2.35 bits per heavy atom.